The van der Waals surface area contributed by atoms with Gasteiger partial charge in [-0.2, -0.15) is 0 Å². The molecule has 1 unspecified atom stereocenters. The average Bonchev–Trinajstić information content (AvgIpc) is 2.01. The zero-order valence-corrected chi connectivity index (χ0v) is 6.71. The molecule has 3 heteroatoms. The fourth-order valence-electron chi connectivity index (χ4n) is 0.677. The first-order valence-corrected chi connectivity index (χ1v) is 3.56. The second-order valence-electron chi connectivity index (χ2n) is 2.45. The van der Waals surface area contributed by atoms with E-state index in [1.54, 1.807) is 6.92 Å². The summed E-state index contributed by atoms with van der Waals surface area (Å²) in [7, 11) is 0. The lowest BCUT2D eigenvalue weighted by molar-refractivity contribution is 0.621. The monoisotopic (exact) mass is 164 g/mol. The summed E-state index contributed by atoms with van der Waals surface area (Å²) < 4.78 is 12.5. The minimum atomic E-state index is -0.383. The van der Waals surface area contributed by atoms with Crippen molar-refractivity contribution in [1.29, 1.82) is 0 Å². The Balaban J connectivity index is 2.85. The molecular weight excluding hydrogens is 155 g/mol. The van der Waals surface area contributed by atoms with Crippen molar-refractivity contribution in [3.05, 3.63) is 29.8 Å². The Morgan fingerprint density at radius 1 is 1.58 bits per heavy atom. The number of pyridine rings is 1. The molecule has 1 heterocycles. The molecule has 0 bridgehead atoms. The molecule has 12 heavy (non-hydrogen) atoms. The molecule has 0 aromatic carbocycles. The van der Waals surface area contributed by atoms with Crippen molar-refractivity contribution in [1.82, 2.24) is 4.98 Å². The number of nitrogens with zero attached hydrogens (tertiary/aromatic N) is 1. The van der Waals surface area contributed by atoms with Gasteiger partial charge in [-0.05, 0) is 13.0 Å². The number of nitrogens with two attached hydrogens (primary N) is 1. The molecule has 1 rings (SSSR count). The molecule has 0 spiro atoms. The molecule has 2 N–H and O–H groups in total. The molecule has 0 aliphatic rings. The van der Waals surface area contributed by atoms with Crippen molar-refractivity contribution in [3.8, 4) is 11.8 Å². The van der Waals surface area contributed by atoms with E-state index in [4.69, 9.17) is 5.73 Å². The molecule has 1 aromatic heterocycles. The third-order valence-electron chi connectivity index (χ3n) is 1.15. The van der Waals surface area contributed by atoms with Gasteiger partial charge in [-0.25, -0.2) is 4.39 Å². The van der Waals surface area contributed by atoms with Crippen molar-refractivity contribution in [2.24, 2.45) is 5.73 Å². The molecule has 0 aliphatic carbocycles. The van der Waals surface area contributed by atoms with Gasteiger partial charge in [0.05, 0.1) is 12.2 Å². The summed E-state index contributed by atoms with van der Waals surface area (Å²) >= 11 is 0. The van der Waals surface area contributed by atoms with Gasteiger partial charge in [0.25, 0.3) is 0 Å². The highest BCUT2D eigenvalue weighted by atomic mass is 19.1. The standard InChI is InChI=1S/C9H9FN2/c1-7(11)2-3-8-4-9(10)6-12-5-8/h4-7H,11H2,1H3. The smallest absolute Gasteiger partial charge is 0.142 e. The Morgan fingerprint density at radius 2 is 2.33 bits per heavy atom. The first-order valence-electron chi connectivity index (χ1n) is 3.56. The second kappa shape index (κ2) is 3.84. The molecule has 1 atom stereocenters. The van der Waals surface area contributed by atoms with E-state index in [0.717, 1.165) is 6.20 Å². The quantitative estimate of drug-likeness (QED) is 0.579. The van der Waals surface area contributed by atoms with Crippen LogP contribution in [0.25, 0.3) is 0 Å². The summed E-state index contributed by atoms with van der Waals surface area (Å²) in [4.78, 5) is 3.64. The maximum atomic E-state index is 12.5. The van der Waals surface area contributed by atoms with Crippen LogP contribution in [0.2, 0.25) is 0 Å². The van der Waals surface area contributed by atoms with E-state index in [9.17, 15) is 4.39 Å². The van der Waals surface area contributed by atoms with E-state index in [0.29, 0.717) is 5.56 Å². The van der Waals surface area contributed by atoms with Crippen LogP contribution in [0.15, 0.2) is 18.5 Å². The minimum Gasteiger partial charge on any atom is -0.318 e. The molecule has 0 amide bonds. The molecule has 62 valence electrons. The van der Waals surface area contributed by atoms with Gasteiger partial charge in [0, 0.05) is 11.8 Å². The van der Waals surface area contributed by atoms with Gasteiger partial charge < -0.3 is 5.73 Å². The third-order valence-corrected chi connectivity index (χ3v) is 1.15. The highest BCUT2D eigenvalue weighted by molar-refractivity contribution is 5.32. The Hall–Kier alpha value is -1.40. The molecule has 2 nitrogen and oxygen atoms in total. The van der Waals surface area contributed by atoms with E-state index in [1.165, 1.54) is 12.3 Å². The van der Waals surface area contributed by atoms with Gasteiger partial charge in [0.1, 0.15) is 5.82 Å². The molecule has 0 radical (unpaired) electrons. The van der Waals surface area contributed by atoms with Crippen LogP contribution in [0, 0.1) is 17.7 Å². The van der Waals surface area contributed by atoms with Crippen LogP contribution in [-0.4, -0.2) is 11.0 Å². The summed E-state index contributed by atoms with van der Waals surface area (Å²) in [6.07, 6.45) is 2.63. The number of hydrogen-bond donors (Lipinski definition) is 1. The first kappa shape index (κ1) is 8.69. The lowest BCUT2D eigenvalue weighted by Gasteiger charge is -1.90. The Kier molecular flexibility index (Phi) is 2.78. The van der Waals surface area contributed by atoms with Crippen molar-refractivity contribution in [3.63, 3.8) is 0 Å². The topological polar surface area (TPSA) is 38.9 Å². The lowest BCUT2D eigenvalue weighted by Crippen LogP contribution is -2.10. The van der Waals surface area contributed by atoms with E-state index in [-0.39, 0.29) is 11.9 Å². The van der Waals surface area contributed by atoms with Crippen LogP contribution in [0.5, 0.6) is 0 Å². The van der Waals surface area contributed by atoms with Gasteiger partial charge in [0.15, 0.2) is 0 Å². The van der Waals surface area contributed by atoms with E-state index in [1.807, 2.05) is 0 Å². The van der Waals surface area contributed by atoms with Crippen LogP contribution < -0.4 is 5.73 Å². The largest absolute Gasteiger partial charge is 0.318 e. The van der Waals surface area contributed by atoms with Gasteiger partial charge in [-0.3, -0.25) is 4.98 Å². The zero-order chi connectivity index (χ0) is 8.97. The Bertz CT molecular complexity index is 323. The van der Waals surface area contributed by atoms with E-state index in [2.05, 4.69) is 16.8 Å². The fraction of sp³-hybridized carbons (Fsp3) is 0.222. The SMILES string of the molecule is CC(N)C#Cc1cncc(F)c1. The van der Waals surface area contributed by atoms with Gasteiger partial charge in [0.2, 0.25) is 0 Å². The van der Waals surface area contributed by atoms with E-state index >= 15 is 0 Å². The van der Waals surface area contributed by atoms with Crippen LogP contribution >= 0.6 is 0 Å². The maximum absolute atomic E-state index is 12.5. The average molecular weight is 164 g/mol. The molecule has 1 aromatic rings. The second-order valence-corrected chi connectivity index (χ2v) is 2.45. The summed E-state index contributed by atoms with van der Waals surface area (Å²) in [5.41, 5.74) is 5.94. The normalized spacial score (nSPS) is 11.6. The molecule has 0 aliphatic heterocycles. The van der Waals surface area contributed by atoms with Crippen molar-refractivity contribution >= 4 is 0 Å². The molecular formula is C9H9FN2. The van der Waals surface area contributed by atoms with Crippen LogP contribution in [0.1, 0.15) is 12.5 Å². The molecule has 0 fully saturated rings. The predicted octanol–water partition coefficient (Wildman–Crippen LogP) is 0.919. The minimum absolute atomic E-state index is 0.201. The Labute approximate surface area is 70.6 Å². The van der Waals surface area contributed by atoms with E-state index < -0.39 is 0 Å². The van der Waals surface area contributed by atoms with Crippen LogP contribution in [0.3, 0.4) is 0 Å². The summed E-state index contributed by atoms with van der Waals surface area (Å²) in [5, 5.41) is 0. The maximum Gasteiger partial charge on any atom is 0.142 e. The predicted molar refractivity (Wildman–Crippen MR) is 44.7 cm³/mol. The number of rotatable bonds is 0. The van der Waals surface area contributed by atoms with Gasteiger partial charge in [-0.15, -0.1) is 0 Å². The summed E-state index contributed by atoms with van der Waals surface area (Å²) in [6.45, 7) is 1.76. The summed E-state index contributed by atoms with van der Waals surface area (Å²) in [6, 6.07) is 1.12. The third kappa shape index (κ3) is 2.69. The molecule has 0 saturated carbocycles. The number of hydrogen-bond acceptors (Lipinski definition) is 2. The lowest BCUT2D eigenvalue weighted by atomic mass is 10.2. The summed E-state index contributed by atoms with van der Waals surface area (Å²) in [5.74, 6) is 5.03. The van der Waals surface area contributed by atoms with Gasteiger partial charge >= 0.3 is 0 Å². The highest BCUT2D eigenvalue weighted by Gasteiger charge is 1.90. The van der Waals surface area contributed by atoms with Gasteiger partial charge in [-0.1, -0.05) is 11.8 Å². The Morgan fingerprint density at radius 3 is 2.92 bits per heavy atom. The van der Waals surface area contributed by atoms with Crippen molar-refractivity contribution < 1.29 is 4.39 Å². The number of halogens is 1. The first-order chi connectivity index (χ1) is 5.68. The molecule has 0 saturated heterocycles. The van der Waals surface area contributed by atoms with Crippen molar-refractivity contribution in [2.45, 2.75) is 13.0 Å². The van der Waals surface area contributed by atoms with Crippen LogP contribution in [-0.2, 0) is 0 Å². The highest BCUT2D eigenvalue weighted by Crippen LogP contribution is 1.97. The van der Waals surface area contributed by atoms with Crippen molar-refractivity contribution in [2.75, 3.05) is 0 Å². The number of aromatic nitrogens is 1. The van der Waals surface area contributed by atoms with Crippen LogP contribution in [0.4, 0.5) is 4.39 Å². The fourth-order valence-corrected chi connectivity index (χ4v) is 0.677. The zero-order valence-electron chi connectivity index (χ0n) is 6.71.